The summed E-state index contributed by atoms with van der Waals surface area (Å²) in [5.41, 5.74) is 5.10. The van der Waals surface area contributed by atoms with Gasteiger partial charge in [-0.15, -0.1) is 0 Å². The van der Waals surface area contributed by atoms with Crippen LogP contribution >= 0.6 is 0 Å². The van der Waals surface area contributed by atoms with Gasteiger partial charge < -0.3 is 19.7 Å². The number of fused-ring (bicyclic) bond motifs is 2. The summed E-state index contributed by atoms with van der Waals surface area (Å²) in [6.07, 6.45) is 4.65. The molecule has 3 heterocycles. The average Bonchev–Trinajstić information content (AvgIpc) is 2.91. The van der Waals surface area contributed by atoms with Gasteiger partial charge >= 0.3 is 0 Å². The molecule has 0 radical (unpaired) electrons. The molecule has 0 spiro atoms. The lowest BCUT2D eigenvalue weighted by atomic mass is 9.98. The second-order valence-corrected chi connectivity index (χ2v) is 6.52. The van der Waals surface area contributed by atoms with Crippen molar-refractivity contribution in [3.05, 3.63) is 40.8 Å². The topological polar surface area (TPSA) is 59.5 Å². The molecule has 0 unspecified atom stereocenters. The zero-order valence-electron chi connectivity index (χ0n) is 14.8. The number of nitrogens with zero attached hydrogens (tertiary/aromatic N) is 3. The van der Waals surface area contributed by atoms with Gasteiger partial charge in [-0.05, 0) is 42.6 Å². The van der Waals surface area contributed by atoms with E-state index in [0.29, 0.717) is 0 Å². The van der Waals surface area contributed by atoms with Gasteiger partial charge in [0.2, 0.25) is 0 Å². The normalized spacial score (nSPS) is 16.6. The maximum atomic E-state index is 5.47. The Bertz CT molecular complexity index is 778. The zero-order chi connectivity index (χ0) is 17.2. The molecule has 1 N–H and O–H groups in total. The highest BCUT2D eigenvalue weighted by atomic mass is 16.5. The Kier molecular flexibility index (Phi) is 4.44. The number of hydrogen-bond acceptors (Lipinski definition) is 6. The Morgan fingerprint density at radius 2 is 1.72 bits per heavy atom. The highest BCUT2D eigenvalue weighted by Gasteiger charge is 2.24. The summed E-state index contributed by atoms with van der Waals surface area (Å²) < 4.78 is 10.9. The predicted molar refractivity (Wildman–Crippen MR) is 96.6 cm³/mol. The smallest absolute Gasteiger partial charge is 0.161 e. The van der Waals surface area contributed by atoms with E-state index >= 15 is 0 Å². The summed E-state index contributed by atoms with van der Waals surface area (Å²) in [7, 11) is 3.37. The molecule has 2 aliphatic heterocycles. The third kappa shape index (κ3) is 3.02. The van der Waals surface area contributed by atoms with Gasteiger partial charge in [0.1, 0.15) is 12.1 Å². The molecule has 0 aliphatic carbocycles. The first-order valence-electron chi connectivity index (χ1n) is 8.82. The summed E-state index contributed by atoms with van der Waals surface area (Å²) in [5.74, 6) is 2.68. The number of rotatable bonds is 3. The van der Waals surface area contributed by atoms with E-state index in [4.69, 9.17) is 9.47 Å². The molecule has 4 rings (SSSR count). The van der Waals surface area contributed by atoms with Crippen molar-refractivity contribution < 1.29 is 9.47 Å². The minimum atomic E-state index is 0.786. The van der Waals surface area contributed by atoms with Gasteiger partial charge in [0.15, 0.2) is 11.5 Å². The van der Waals surface area contributed by atoms with Crippen molar-refractivity contribution in [2.24, 2.45) is 0 Å². The molecule has 0 saturated heterocycles. The Balaban J connectivity index is 1.67. The van der Waals surface area contributed by atoms with Crippen LogP contribution in [-0.4, -0.2) is 43.8 Å². The van der Waals surface area contributed by atoms with Crippen molar-refractivity contribution in [2.75, 3.05) is 38.8 Å². The van der Waals surface area contributed by atoms with Crippen molar-refractivity contribution in [3.63, 3.8) is 0 Å². The van der Waals surface area contributed by atoms with Crippen molar-refractivity contribution in [2.45, 2.75) is 25.8 Å². The Morgan fingerprint density at radius 1 is 0.960 bits per heavy atom. The molecule has 6 heteroatoms. The fourth-order valence-corrected chi connectivity index (χ4v) is 3.79. The lowest BCUT2D eigenvalue weighted by Crippen LogP contribution is -2.32. The molecular formula is C19H24N4O2. The number of methoxy groups -OCH3 is 2. The van der Waals surface area contributed by atoms with Crippen LogP contribution in [0.1, 0.15) is 22.4 Å². The maximum Gasteiger partial charge on any atom is 0.161 e. The van der Waals surface area contributed by atoms with E-state index in [9.17, 15) is 0 Å². The highest BCUT2D eigenvalue weighted by Crippen LogP contribution is 2.35. The highest BCUT2D eigenvalue weighted by molar-refractivity contribution is 5.55. The largest absolute Gasteiger partial charge is 0.493 e. The maximum absolute atomic E-state index is 5.47. The minimum Gasteiger partial charge on any atom is -0.493 e. The van der Waals surface area contributed by atoms with Crippen LogP contribution in [0.4, 0.5) is 5.82 Å². The van der Waals surface area contributed by atoms with Crippen LogP contribution in [0.2, 0.25) is 0 Å². The van der Waals surface area contributed by atoms with Crippen molar-refractivity contribution >= 4 is 5.82 Å². The molecule has 132 valence electrons. The van der Waals surface area contributed by atoms with Crippen LogP contribution in [0.3, 0.4) is 0 Å². The first-order valence-corrected chi connectivity index (χ1v) is 8.82. The van der Waals surface area contributed by atoms with Gasteiger partial charge in [-0.3, -0.25) is 0 Å². The minimum absolute atomic E-state index is 0.786. The predicted octanol–water partition coefficient (Wildman–Crippen LogP) is 1.74. The lowest BCUT2D eigenvalue weighted by Gasteiger charge is -2.32. The Morgan fingerprint density at radius 3 is 2.52 bits per heavy atom. The fraction of sp³-hybridized carbons (Fsp3) is 0.474. The van der Waals surface area contributed by atoms with Gasteiger partial charge in [-0.25, -0.2) is 9.97 Å². The third-order valence-corrected chi connectivity index (χ3v) is 5.12. The van der Waals surface area contributed by atoms with Crippen molar-refractivity contribution in [1.29, 1.82) is 0 Å². The van der Waals surface area contributed by atoms with Gasteiger partial charge in [0.05, 0.1) is 19.9 Å². The summed E-state index contributed by atoms with van der Waals surface area (Å²) in [6, 6.07) is 4.21. The molecule has 0 saturated carbocycles. The van der Waals surface area contributed by atoms with Crippen LogP contribution in [0.15, 0.2) is 18.5 Å². The number of nitrogens with one attached hydrogen (secondary N) is 1. The molecule has 2 aliphatic rings. The van der Waals surface area contributed by atoms with Gasteiger partial charge in [-0.2, -0.15) is 0 Å². The van der Waals surface area contributed by atoms with Crippen LogP contribution in [0.5, 0.6) is 11.5 Å². The summed E-state index contributed by atoms with van der Waals surface area (Å²) >= 11 is 0. The van der Waals surface area contributed by atoms with Crippen LogP contribution < -0.4 is 19.7 Å². The van der Waals surface area contributed by atoms with Crippen molar-refractivity contribution in [1.82, 2.24) is 15.3 Å². The van der Waals surface area contributed by atoms with E-state index in [1.165, 1.54) is 22.4 Å². The number of hydrogen-bond donors (Lipinski definition) is 1. The van der Waals surface area contributed by atoms with Crippen LogP contribution in [0, 0.1) is 0 Å². The summed E-state index contributed by atoms with van der Waals surface area (Å²) in [6.45, 7) is 3.78. The van der Waals surface area contributed by atoms with Crippen LogP contribution in [0.25, 0.3) is 0 Å². The first kappa shape index (κ1) is 16.1. The van der Waals surface area contributed by atoms with Gasteiger partial charge in [-0.1, -0.05) is 0 Å². The monoisotopic (exact) mass is 340 g/mol. The van der Waals surface area contributed by atoms with E-state index in [1.807, 2.05) is 0 Å². The number of benzene rings is 1. The molecule has 0 atom stereocenters. The molecule has 1 aromatic heterocycles. The zero-order valence-corrected chi connectivity index (χ0v) is 14.8. The molecular weight excluding hydrogens is 316 g/mol. The Labute approximate surface area is 148 Å². The van der Waals surface area contributed by atoms with Crippen molar-refractivity contribution in [3.8, 4) is 11.5 Å². The molecule has 2 aromatic rings. The van der Waals surface area contributed by atoms with E-state index < -0.39 is 0 Å². The van der Waals surface area contributed by atoms with E-state index in [2.05, 4.69) is 32.3 Å². The third-order valence-electron chi connectivity index (χ3n) is 5.12. The number of ether oxygens (including phenoxy) is 2. The SMILES string of the molecule is COc1cc2c(cc1OC)CN(c1ncnc3c1CCNCC3)CC2. The van der Waals surface area contributed by atoms with Crippen LogP contribution in [-0.2, 0) is 25.8 Å². The standard InChI is InChI=1S/C19H24N4O2/c1-24-17-9-13-5-8-23(11-14(13)10-18(17)25-2)19-15-3-6-20-7-4-16(15)21-12-22-19/h9-10,12,20H,3-8,11H2,1-2H3. The number of aromatic nitrogens is 2. The van der Waals surface area contributed by atoms with Gasteiger partial charge in [0, 0.05) is 31.6 Å². The average molecular weight is 340 g/mol. The lowest BCUT2D eigenvalue weighted by molar-refractivity contribution is 0.353. The summed E-state index contributed by atoms with van der Waals surface area (Å²) in [4.78, 5) is 11.5. The van der Waals surface area contributed by atoms with E-state index in [1.54, 1.807) is 20.5 Å². The first-order chi connectivity index (χ1) is 12.3. The molecule has 0 amide bonds. The number of anilines is 1. The second kappa shape index (κ2) is 6.88. The fourth-order valence-electron chi connectivity index (χ4n) is 3.79. The molecule has 6 nitrogen and oxygen atoms in total. The molecule has 1 aromatic carbocycles. The second-order valence-electron chi connectivity index (χ2n) is 6.52. The van der Waals surface area contributed by atoms with E-state index in [0.717, 1.165) is 62.8 Å². The van der Waals surface area contributed by atoms with Gasteiger partial charge in [0.25, 0.3) is 0 Å². The summed E-state index contributed by atoms with van der Waals surface area (Å²) in [5, 5.41) is 3.45. The quantitative estimate of drug-likeness (QED) is 0.919. The molecule has 25 heavy (non-hydrogen) atoms. The Hall–Kier alpha value is -2.34. The molecule has 0 bridgehead atoms. The molecule has 0 fully saturated rings. The van der Waals surface area contributed by atoms with E-state index in [-0.39, 0.29) is 0 Å².